The van der Waals surface area contributed by atoms with E-state index < -0.39 is 0 Å². The van der Waals surface area contributed by atoms with Crippen molar-refractivity contribution in [2.75, 3.05) is 0 Å². The summed E-state index contributed by atoms with van der Waals surface area (Å²) in [7, 11) is 0. The first-order chi connectivity index (χ1) is 11.2. The van der Waals surface area contributed by atoms with Gasteiger partial charge >= 0.3 is 0 Å². The van der Waals surface area contributed by atoms with Crippen LogP contribution in [0.5, 0.6) is 0 Å². The quantitative estimate of drug-likeness (QED) is 0.680. The van der Waals surface area contributed by atoms with Crippen LogP contribution in [0, 0.1) is 4.77 Å². The number of rotatable bonds is 4. The van der Waals surface area contributed by atoms with Crippen LogP contribution in [0.2, 0.25) is 0 Å². The van der Waals surface area contributed by atoms with Crippen LogP contribution >= 0.6 is 24.0 Å². The molecule has 0 spiro atoms. The van der Waals surface area contributed by atoms with Gasteiger partial charge in [0.05, 0.1) is 16.9 Å². The molecule has 2 atom stereocenters. The van der Waals surface area contributed by atoms with E-state index in [0.717, 1.165) is 30.0 Å². The highest BCUT2D eigenvalue weighted by molar-refractivity contribution is 8.00. The summed E-state index contributed by atoms with van der Waals surface area (Å²) in [6, 6.07) is 0. The summed E-state index contributed by atoms with van der Waals surface area (Å²) in [6.07, 6.45) is 11.2. The minimum Gasteiger partial charge on any atom is -0.337 e. The fraction of sp³-hybridized carbons (Fsp3) is 0.562. The van der Waals surface area contributed by atoms with E-state index >= 15 is 0 Å². The monoisotopic (exact) mass is 348 g/mol. The van der Waals surface area contributed by atoms with Crippen molar-refractivity contribution in [3.8, 4) is 0 Å². The van der Waals surface area contributed by atoms with Crippen LogP contribution in [-0.2, 0) is 13.1 Å². The highest BCUT2D eigenvalue weighted by atomic mass is 32.2. The van der Waals surface area contributed by atoms with Crippen molar-refractivity contribution in [1.82, 2.24) is 19.1 Å². The van der Waals surface area contributed by atoms with E-state index in [1.165, 1.54) is 19.3 Å². The Kier molecular flexibility index (Phi) is 4.15. The highest BCUT2D eigenvalue weighted by Crippen LogP contribution is 2.49. The highest BCUT2D eigenvalue weighted by Gasteiger charge is 2.38. The second-order valence-corrected chi connectivity index (χ2v) is 7.97. The van der Waals surface area contributed by atoms with Gasteiger partial charge in [0.2, 0.25) is 0 Å². The van der Waals surface area contributed by atoms with Crippen LogP contribution in [0.3, 0.4) is 0 Å². The summed E-state index contributed by atoms with van der Waals surface area (Å²) in [5.74, 6) is 0.419. The first kappa shape index (κ1) is 15.2. The second kappa shape index (κ2) is 6.28. The zero-order valence-electron chi connectivity index (χ0n) is 12.9. The molecule has 0 aromatic carbocycles. The molecule has 1 saturated carbocycles. The standard InChI is InChI=1S/C16H20N4OS2/c21-15-13-11-4-1-2-5-12(11)23-14(13)18-16(22)20(15)8-3-7-19-9-6-17-10-19/h6,9-12H,1-5,7-8H2,(H,18,22). The second-order valence-electron chi connectivity index (χ2n) is 6.33. The zero-order chi connectivity index (χ0) is 15.8. The van der Waals surface area contributed by atoms with Gasteiger partial charge in [-0.05, 0) is 31.5 Å². The molecule has 1 N–H and O–H groups in total. The maximum absolute atomic E-state index is 13.0. The Morgan fingerprint density at radius 1 is 1.35 bits per heavy atom. The molecule has 1 aliphatic heterocycles. The first-order valence-corrected chi connectivity index (χ1v) is 9.52. The number of hydrogen-bond acceptors (Lipinski definition) is 4. The smallest absolute Gasteiger partial charge is 0.258 e. The molecule has 122 valence electrons. The molecule has 1 fully saturated rings. The summed E-state index contributed by atoms with van der Waals surface area (Å²) >= 11 is 7.27. The Morgan fingerprint density at radius 2 is 2.22 bits per heavy atom. The maximum Gasteiger partial charge on any atom is 0.258 e. The number of imidazole rings is 1. The van der Waals surface area contributed by atoms with E-state index in [0.29, 0.717) is 22.5 Å². The molecule has 2 unspecified atom stereocenters. The van der Waals surface area contributed by atoms with Gasteiger partial charge in [-0.15, -0.1) is 11.8 Å². The number of aromatic amines is 1. The van der Waals surface area contributed by atoms with Crippen LogP contribution in [-0.4, -0.2) is 24.4 Å². The van der Waals surface area contributed by atoms with E-state index in [1.54, 1.807) is 17.1 Å². The topological polar surface area (TPSA) is 55.6 Å². The van der Waals surface area contributed by atoms with Gasteiger partial charge < -0.3 is 9.55 Å². The summed E-state index contributed by atoms with van der Waals surface area (Å²) in [4.78, 5) is 20.3. The van der Waals surface area contributed by atoms with Gasteiger partial charge in [-0.3, -0.25) is 9.36 Å². The number of aromatic nitrogens is 4. The number of nitrogens with one attached hydrogen (secondary N) is 1. The number of thioether (sulfide) groups is 1. The van der Waals surface area contributed by atoms with Crippen molar-refractivity contribution < 1.29 is 0 Å². The van der Waals surface area contributed by atoms with E-state index in [1.807, 2.05) is 22.5 Å². The summed E-state index contributed by atoms with van der Waals surface area (Å²) < 4.78 is 4.34. The fourth-order valence-electron chi connectivity index (χ4n) is 3.74. The molecule has 2 aromatic heterocycles. The molecule has 7 heteroatoms. The zero-order valence-corrected chi connectivity index (χ0v) is 14.5. The molecule has 4 rings (SSSR count). The normalized spacial score (nSPS) is 22.8. The van der Waals surface area contributed by atoms with Crippen LogP contribution in [0.4, 0.5) is 0 Å². The Labute approximate surface area is 144 Å². The Morgan fingerprint density at radius 3 is 3.04 bits per heavy atom. The minimum atomic E-state index is 0.135. The average molecular weight is 348 g/mol. The minimum absolute atomic E-state index is 0.135. The number of nitrogens with zero attached hydrogens (tertiary/aromatic N) is 3. The largest absolute Gasteiger partial charge is 0.337 e. The third-order valence-electron chi connectivity index (χ3n) is 4.89. The molecular formula is C16H20N4OS2. The van der Waals surface area contributed by atoms with E-state index in [4.69, 9.17) is 12.2 Å². The molecule has 0 saturated heterocycles. The summed E-state index contributed by atoms with van der Waals surface area (Å²) in [5.41, 5.74) is 1.13. The van der Waals surface area contributed by atoms with Crippen molar-refractivity contribution in [2.24, 2.45) is 0 Å². The lowest BCUT2D eigenvalue weighted by Crippen LogP contribution is -2.29. The molecule has 23 heavy (non-hydrogen) atoms. The molecule has 1 aliphatic carbocycles. The molecule has 2 aromatic rings. The van der Waals surface area contributed by atoms with Crippen molar-refractivity contribution in [1.29, 1.82) is 0 Å². The molecule has 0 bridgehead atoms. The summed E-state index contributed by atoms with van der Waals surface area (Å²) in [6.45, 7) is 1.50. The number of fused-ring (bicyclic) bond motifs is 3. The maximum atomic E-state index is 13.0. The molecule has 0 amide bonds. The Hall–Kier alpha value is -1.34. The van der Waals surface area contributed by atoms with E-state index in [9.17, 15) is 4.79 Å². The fourth-order valence-corrected chi connectivity index (χ4v) is 5.63. The molecule has 5 nitrogen and oxygen atoms in total. The lowest BCUT2D eigenvalue weighted by molar-refractivity contribution is 0.450. The Balaban J connectivity index is 1.59. The van der Waals surface area contributed by atoms with E-state index in [2.05, 4.69) is 9.97 Å². The van der Waals surface area contributed by atoms with Crippen molar-refractivity contribution in [2.45, 2.75) is 61.4 Å². The number of H-pyrrole nitrogens is 1. The predicted molar refractivity (Wildman–Crippen MR) is 93.6 cm³/mol. The van der Waals surface area contributed by atoms with E-state index in [-0.39, 0.29) is 5.56 Å². The van der Waals surface area contributed by atoms with Crippen LogP contribution in [0.25, 0.3) is 0 Å². The molecule has 2 aliphatic rings. The molecule has 0 radical (unpaired) electrons. The van der Waals surface area contributed by atoms with Gasteiger partial charge in [-0.2, -0.15) is 0 Å². The van der Waals surface area contributed by atoms with Gasteiger partial charge in [0.25, 0.3) is 5.56 Å². The van der Waals surface area contributed by atoms with Gasteiger partial charge in [-0.1, -0.05) is 12.8 Å². The molecule has 3 heterocycles. The van der Waals surface area contributed by atoms with Crippen molar-refractivity contribution >= 4 is 24.0 Å². The van der Waals surface area contributed by atoms with Gasteiger partial charge in [0.1, 0.15) is 0 Å². The SMILES string of the molecule is O=c1c2c([nH]c(=S)n1CCCn1ccnc1)SC1CCCCC21. The number of hydrogen-bond donors (Lipinski definition) is 1. The lowest BCUT2D eigenvalue weighted by atomic mass is 9.85. The van der Waals surface area contributed by atoms with Crippen molar-refractivity contribution in [3.63, 3.8) is 0 Å². The summed E-state index contributed by atoms with van der Waals surface area (Å²) in [5, 5.41) is 1.60. The predicted octanol–water partition coefficient (Wildman–Crippen LogP) is 3.32. The van der Waals surface area contributed by atoms with Crippen LogP contribution < -0.4 is 5.56 Å². The third-order valence-corrected chi connectivity index (χ3v) is 6.63. The molecular weight excluding hydrogens is 328 g/mol. The van der Waals surface area contributed by atoms with Crippen LogP contribution in [0.15, 0.2) is 28.5 Å². The third kappa shape index (κ3) is 2.80. The number of aryl methyl sites for hydroxylation is 1. The van der Waals surface area contributed by atoms with Gasteiger partial charge in [-0.25, -0.2) is 4.98 Å². The lowest BCUT2D eigenvalue weighted by Gasteiger charge is -2.23. The Bertz CT molecular complexity index is 808. The first-order valence-electron chi connectivity index (χ1n) is 8.23. The average Bonchev–Trinajstić information content (AvgIpc) is 3.17. The van der Waals surface area contributed by atoms with Gasteiger partial charge in [0.15, 0.2) is 4.77 Å². The van der Waals surface area contributed by atoms with Gasteiger partial charge in [0, 0.05) is 36.7 Å². The van der Waals surface area contributed by atoms with Crippen molar-refractivity contribution in [3.05, 3.63) is 39.4 Å². The van der Waals surface area contributed by atoms with Crippen LogP contribution in [0.1, 0.15) is 43.6 Å².